The van der Waals surface area contributed by atoms with Crippen LogP contribution in [-0.2, 0) is 9.53 Å². The number of amidine groups is 1. The largest absolute Gasteiger partial charge is 0.482 e. The Bertz CT molecular complexity index is 574. The number of hydrogen-bond donors (Lipinski definition) is 2. The number of carbonyl (C=O) groups is 1. The van der Waals surface area contributed by atoms with Gasteiger partial charge >= 0.3 is 11.8 Å². The van der Waals surface area contributed by atoms with Gasteiger partial charge < -0.3 is 24.6 Å². The molecule has 1 aromatic rings. The minimum Gasteiger partial charge on any atom is -0.482 e. The number of carboxylic acid groups (broad SMARTS) is 1. The molecule has 3 rings (SSSR count). The minimum absolute atomic E-state index is 0.0154. The fraction of sp³-hybridized carbons (Fsp3) is 0.429. The summed E-state index contributed by atoms with van der Waals surface area (Å²) in [5.41, 5.74) is 0. The number of hydrogen-bond acceptors (Lipinski definition) is 6. The lowest BCUT2D eigenvalue weighted by Gasteiger charge is -2.37. The van der Waals surface area contributed by atoms with E-state index in [1.54, 1.807) is 12.1 Å². The average Bonchev–Trinajstić information content (AvgIpc) is 3.01. The van der Waals surface area contributed by atoms with Crippen LogP contribution in [0.2, 0.25) is 0 Å². The molecule has 0 saturated carbocycles. The van der Waals surface area contributed by atoms with Crippen LogP contribution in [0.15, 0.2) is 29.3 Å². The molecule has 1 atom stereocenters. The molecule has 1 aromatic carbocycles. The number of carboxylic acids is 1. The molecular formula is C14H16N2O5. The summed E-state index contributed by atoms with van der Waals surface area (Å²) in [6.07, 6.45) is -0.111. The van der Waals surface area contributed by atoms with Crippen LogP contribution in [0, 0.1) is 0 Å². The zero-order valence-corrected chi connectivity index (χ0v) is 11.4. The zero-order valence-electron chi connectivity index (χ0n) is 11.4. The number of ether oxygens (including phenoxy) is 3. The van der Waals surface area contributed by atoms with E-state index in [9.17, 15) is 4.79 Å². The topological polar surface area (TPSA) is 89.4 Å². The van der Waals surface area contributed by atoms with Gasteiger partial charge in [0.25, 0.3) is 0 Å². The van der Waals surface area contributed by atoms with Gasteiger partial charge in [0.1, 0.15) is 0 Å². The van der Waals surface area contributed by atoms with E-state index < -0.39 is 11.8 Å². The highest BCUT2D eigenvalue weighted by Crippen LogP contribution is 2.36. The third kappa shape index (κ3) is 2.78. The Hall–Kier alpha value is -2.28. The Morgan fingerprint density at radius 2 is 2.24 bits per heavy atom. The van der Waals surface area contributed by atoms with E-state index in [0.717, 1.165) is 0 Å². The van der Waals surface area contributed by atoms with Crippen molar-refractivity contribution in [2.24, 2.45) is 4.99 Å². The van der Waals surface area contributed by atoms with Gasteiger partial charge in [0.15, 0.2) is 23.9 Å². The fourth-order valence-electron chi connectivity index (χ4n) is 2.25. The Morgan fingerprint density at radius 1 is 1.43 bits per heavy atom. The first-order valence-corrected chi connectivity index (χ1v) is 6.75. The van der Waals surface area contributed by atoms with Crippen molar-refractivity contribution in [3.63, 3.8) is 0 Å². The summed E-state index contributed by atoms with van der Waals surface area (Å²) in [6, 6.07) is 7.27. The van der Waals surface area contributed by atoms with Crippen LogP contribution in [-0.4, -0.2) is 49.0 Å². The highest BCUT2D eigenvalue weighted by atomic mass is 16.7. The van der Waals surface area contributed by atoms with Crippen LogP contribution < -0.4 is 14.8 Å². The lowest BCUT2D eigenvalue weighted by Crippen LogP contribution is -2.57. The molecule has 0 fully saturated rings. The Labute approximate surface area is 121 Å². The second kappa shape index (κ2) is 5.61. The molecule has 7 heteroatoms. The Kier molecular flexibility index (Phi) is 3.66. The van der Waals surface area contributed by atoms with Crippen LogP contribution in [0.4, 0.5) is 0 Å². The molecule has 112 valence electrons. The fourth-order valence-corrected chi connectivity index (χ4v) is 2.25. The van der Waals surface area contributed by atoms with E-state index in [1.807, 2.05) is 12.1 Å². The van der Waals surface area contributed by atoms with Crippen molar-refractivity contribution < 1.29 is 24.1 Å². The molecule has 0 saturated heterocycles. The Morgan fingerprint density at radius 3 is 2.95 bits per heavy atom. The maximum atomic E-state index is 10.7. The van der Waals surface area contributed by atoms with Gasteiger partial charge in [0, 0.05) is 6.54 Å². The minimum atomic E-state index is -1.21. The lowest BCUT2D eigenvalue weighted by molar-refractivity contribution is -0.169. The molecule has 1 unspecified atom stereocenters. The number of nitrogens with zero attached hydrogens (tertiary/aromatic N) is 1. The summed E-state index contributed by atoms with van der Waals surface area (Å²) in [5.74, 6) is -0.407. The van der Waals surface area contributed by atoms with Gasteiger partial charge in [-0.3, -0.25) is 9.79 Å². The summed E-state index contributed by atoms with van der Waals surface area (Å²) in [6.45, 7) is 1.46. The Balaban J connectivity index is 1.82. The van der Waals surface area contributed by atoms with Crippen LogP contribution in [0.25, 0.3) is 0 Å². The first kappa shape index (κ1) is 13.7. The number of benzene rings is 1. The molecule has 0 radical (unpaired) electrons. The number of aliphatic imine (C=N–C) groups is 1. The monoisotopic (exact) mass is 292 g/mol. The van der Waals surface area contributed by atoms with E-state index in [0.29, 0.717) is 30.4 Å². The maximum absolute atomic E-state index is 10.7. The molecule has 0 amide bonds. The van der Waals surface area contributed by atoms with Crippen LogP contribution in [0.5, 0.6) is 11.5 Å². The van der Waals surface area contributed by atoms with Gasteiger partial charge in [0.2, 0.25) is 0 Å². The van der Waals surface area contributed by atoms with Crippen molar-refractivity contribution in [2.75, 3.05) is 26.3 Å². The molecule has 0 aliphatic carbocycles. The van der Waals surface area contributed by atoms with Crippen molar-refractivity contribution in [3.8, 4) is 11.5 Å². The van der Waals surface area contributed by atoms with Crippen LogP contribution in [0.1, 0.15) is 6.42 Å². The van der Waals surface area contributed by atoms with E-state index in [4.69, 9.17) is 19.3 Å². The predicted molar refractivity (Wildman–Crippen MR) is 73.8 cm³/mol. The van der Waals surface area contributed by atoms with E-state index in [1.165, 1.54) is 0 Å². The van der Waals surface area contributed by atoms with Crippen molar-refractivity contribution in [2.45, 2.75) is 12.2 Å². The summed E-state index contributed by atoms with van der Waals surface area (Å²) in [7, 11) is 0. The van der Waals surface area contributed by atoms with E-state index >= 15 is 0 Å². The SMILES string of the molecule is O=C(O)CCOC1(C2=NCCN2)COc2ccccc2O1. The average molecular weight is 292 g/mol. The smallest absolute Gasteiger partial charge is 0.305 e. The molecule has 2 aliphatic heterocycles. The molecular weight excluding hydrogens is 276 g/mol. The van der Waals surface area contributed by atoms with Crippen molar-refractivity contribution in [1.29, 1.82) is 0 Å². The van der Waals surface area contributed by atoms with Gasteiger partial charge in [-0.05, 0) is 12.1 Å². The molecule has 0 spiro atoms. The molecule has 0 bridgehead atoms. The maximum Gasteiger partial charge on any atom is 0.305 e. The molecule has 2 aliphatic rings. The predicted octanol–water partition coefficient (Wildman–Crippen LogP) is 0.647. The van der Waals surface area contributed by atoms with Gasteiger partial charge in [0.05, 0.1) is 19.6 Å². The molecule has 2 heterocycles. The number of rotatable bonds is 5. The summed E-state index contributed by atoms with van der Waals surface area (Å²) < 4.78 is 17.3. The number of aliphatic carboxylic acids is 1. The first-order chi connectivity index (χ1) is 10.2. The molecule has 7 nitrogen and oxygen atoms in total. The number of nitrogens with one attached hydrogen (secondary N) is 1. The van der Waals surface area contributed by atoms with Crippen molar-refractivity contribution in [1.82, 2.24) is 5.32 Å². The first-order valence-electron chi connectivity index (χ1n) is 6.75. The number of fused-ring (bicyclic) bond motifs is 1. The molecule has 2 N–H and O–H groups in total. The summed E-state index contributed by atoms with van der Waals surface area (Å²) >= 11 is 0. The van der Waals surface area contributed by atoms with Crippen LogP contribution in [0.3, 0.4) is 0 Å². The normalized spacial score (nSPS) is 23.3. The van der Waals surface area contributed by atoms with E-state index in [2.05, 4.69) is 10.3 Å². The van der Waals surface area contributed by atoms with Crippen molar-refractivity contribution in [3.05, 3.63) is 24.3 Å². The second-order valence-electron chi connectivity index (χ2n) is 4.74. The second-order valence-corrected chi connectivity index (χ2v) is 4.74. The molecule has 21 heavy (non-hydrogen) atoms. The van der Waals surface area contributed by atoms with Gasteiger partial charge in [-0.15, -0.1) is 0 Å². The standard InChI is InChI=1S/C14H16N2O5/c17-12(18)5-8-20-14(13-15-6-7-16-13)9-19-10-3-1-2-4-11(10)21-14/h1-4H,5-9H2,(H,15,16)(H,17,18). The molecule has 0 aromatic heterocycles. The quantitative estimate of drug-likeness (QED) is 0.828. The van der Waals surface area contributed by atoms with Gasteiger partial charge in [-0.25, -0.2) is 0 Å². The lowest BCUT2D eigenvalue weighted by atomic mass is 10.2. The highest BCUT2D eigenvalue weighted by molar-refractivity contribution is 5.91. The summed E-state index contributed by atoms with van der Waals surface area (Å²) in [4.78, 5) is 15.0. The van der Waals surface area contributed by atoms with Crippen molar-refractivity contribution >= 4 is 11.8 Å². The number of para-hydroxylation sites is 2. The summed E-state index contributed by atoms with van der Waals surface area (Å²) in [5, 5.41) is 11.9. The highest BCUT2D eigenvalue weighted by Gasteiger charge is 2.45. The van der Waals surface area contributed by atoms with Crippen LogP contribution >= 0.6 is 0 Å². The van der Waals surface area contributed by atoms with Gasteiger partial charge in [-0.1, -0.05) is 12.1 Å². The zero-order chi connectivity index (χ0) is 14.7. The van der Waals surface area contributed by atoms with E-state index in [-0.39, 0.29) is 19.6 Å². The third-order valence-corrected chi connectivity index (χ3v) is 3.23. The van der Waals surface area contributed by atoms with Gasteiger partial charge in [-0.2, -0.15) is 0 Å². The third-order valence-electron chi connectivity index (χ3n) is 3.23.